The van der Waals surface area contributed by atoms with Crippen molar-refractivity contribution in [2.45, 2.75) is 74.7 Å². The summed E-state index contributed by atoms with van der Waals surface area (Å²) in [6.45, 7) is 17.5. The molecule has 0 aromatic heterocycles. The van der Waals surface area contributed by atoms with Crippen LogP contribution in [-0.2, 0) is 4.79 Å². The van der Waals surface area contributed by atoms with Gasteiger partial charge in [0.15, 0.2) is 0 Å². The van der Waals surface area contributed by atoms with Gasteiger partial charge in [0.05, 0.1) is 0 Å². The van der Waals surface area contributed by atoms with Gasteiger partial charge in [-0.05, 0) is 42.4 Å². The van der Waals surface area contributed by atoms with Gasteiger partial charge in [-0.1, -0.05) is 54.9 Å². The Hall–Kier alpha value is -0.330. The quantitative estimate of drug-likeness (QED) is 0.664. The van der Waals surface area contributed by atoms with E-state index in [2.05, 4.69) is 34.6 Å². The largest absolute Gasteiger partial charge is 0.300 e. The molecule has 0 N–H and O–H groups in total. The van der Waals surface area contributed by atoms with Crippen molar-refractivity contribution in [2.24, 2.45) is 29.1 Å². The summed E-state index contributed by atoms with van der Waals surface area (Å²) in [7, 11) is 0. The lowest BCUT2D eigenvalue weighted by atomic mass is 9.55. The lowest BCUT2D eigenvalue weighted by Crippen LogP contribution is -2.43. The fourth-order valence-corrected chi connectivity index (χ4v) is 4.00. The van der Waals surface area contributed by atoms with Gasteiger partial charge in [0, 0.05) is 6.42 Å². The lowest BCUT2D eigenvalue weighted by Gasteiger charge is -2.50. The van der Waals surface area contributed by atoms with E-state index in [0.29, 0.717) is 23.0 Å². The zero-order chi connectivity index (χ0) is 14.5. The van der Waals surface area contributed by atoms with Gasteiger partial charge in [-0.3, -0.25) is 0 Å². The van der Waals surface area contributed by atoms with Crippen molar-refractivity contribution in [3.05, 3.63) is 0 Å². The van der Waals surface area contributed by atoms with Crippen LogP contribution >= 0.6 is 0 Å². The van der Waals surface area contributed by atoms with Crippen molar-refractivity contribution in [1.29, 1.82) is 0 Å². The highest BCUT2D eigenvalue weighted by Crippen LogP contribution is 2.51. The summed E-state index contributed by atoms with van der Waals surface area (Å²) in [4.78, 5) is 11.3. The molecule has 18 heavy (non-hydrogen) atoms. The molecule has 1 aliphatic rings. The van der Waals surface area contributed by atoms with E-state index in [4.69, 9.17) is 0 Å². The van der Waals surface area contributed by atoms with Gasteiger partial charge in [0.2, 0.25) is 0 Å². The second-order valence-electron chi connectivity index (χ2n) is 6.69. The fraction of sp³-hybridized carbons (Fsp3) is 0.941. The number of rotatable bonds is 3. The van der Waals surface area contributed by atoms with E-state index < -0.39 is 0 Å². The molecule has 1 nitrogen and oxygen atoms in total. The first-order valence-electron chi connectivity index (χ1n) is 7.76. The molecule has 0 radical (unpaired) electrons. The van der Waals surface area contributed by atoms with E-state index in [1.807, 2.05) is 13.8 Å². The van der Waals surface area contributed by atoms with Crippen LogP contribution < -0.4 is 0 Å². The smallest absolute Gasteiger partial charge is 0.130 e. The molecule has 1 rings (SSSR count). The number of carbonyl (C=O) groups is 1. The Balaban J connectivity index is 0.00000137. The second kappa shape index (κ2) is 7.31. The Morgan fingerprint density at radius 3 is 2.17 bits per heavy atom. The van der Waals surface area contributed by atoms with Gasteiger partial charge in [-0.25, -0.2) is 0 Å². The van der Waals surface area contributed by atoms with E-state index in [1.165, 1.54) is 12.8 Å². The van der Waals surface area contributed by atoms with Crippen LogP contribution in [-0.4, -0.2) is 5.78 Å². The molecule has 1 saturated carbocycles. The number of Topliss-reactive ketones (excluding diaryl/α,β-unsaturated/α-hetero) is 1. The molecule has 1 aliphatic carbocycles. The fourth-order valence-electron chi connectivity index (χ4n) is 4.00. The van der Waals surface area contributed by atoms with Gasteiger partial charge in [0.25, 0.3) is 0 Å². The summed E-state index contributed by atoms with van der Waals surface area (Å²) < 4.78 is 0. The molecule has 108 valence electrons. The Morgan fingerprint density at radius 1 is 1.22 bits per heavy atom. The van der Waals surface area contributed by atoms with Gasteiger partial charge in [-0.15, -0.1) is 0 Å². The first kappa shape index (κ1) is 17.7. The number of ketones is 1. The van der Waals surface area contributed by atoms with Crippen molar-refractivity contribution in [1.82, 2.24) is 0 Å². The minimum atomic E-state index is 0.341. The molecule has 0 aromatic carbocycles. The lowest BCUT2D eigenvalue weighted by molar-refractivity contribution is -0.119. The van der Waals surface area contributed by atoms with Gasteiger partial charge >= 0.3 is 0 Å². The Bertz CT molecular complexity index is 254. The van der Waals surface area contributed by atoms with E-state index in [0.717, 1.165) is 18.3 Å². The molecule has 1 fully saturated rings. The normalized spacial score (nSPS) is 32.1. The third-order valence-electron chi connectivity index (χ3n) is 5.02. The average molecular weight is 254 g/mol. The molecule has 0 spiro atoms. The molecule has 0 saturated heterocycles. The Labute approximate surface area is 115 Å². The van der Waals surface area contributed by atoms with Crippen LogP contribution in [0.25, 0.3) is 0 Å². The standard InChI is InChI=1S/C15H28O.C2H6/c1-10-7-8-12(3)15(5,6)14(10)11(2)9-13(4)16;1-2/h10-12,14H,7-9H2,1-6H3;1-2H3. The monoisotopic (exact) mass is 254 g/mol. The molecule has 1 heteroatoms. The van der Waals surface area contributed by atoms with Crippen molar-refractivity contribution in [3.8, 4) is 0 Å². The van der Waals surface area contributed by atoms with Crippen LogP contribution in [0.15, 0.2) is 0 Å². The van der Waals surface area contributed by atoms with E-state index in [-0.39, 0.29) is 0 Å². The van der Waals surface area contributed by atoms with Crippen LogP contribution in [0.1, 0.15) is 74.7 Å². The molecule has 4 unspecified atom stereocenters. The zero-order valence-corrected chi connectivity index (χ0v) is 13.8. The Morgan fingerprint density at radius 2 is 1.72 bits per heavy atom. The highest BCUT2D eigenvalue weighted by atomic mass is 16.1. The molecule has 0 amide bonds. The summed E-state index contributed by atoms with van der Waals surface area (Å²) in [6, 6.07) is 0. The molecule has 0 aliphatic heterocycles. The van der Waals surface area contributed by atoms with Crippen molar-refractivity contribution in [2.75, 3.05) is 0 Å². The van der Waals surface area contributed by atoms with Crippen LogP contribution in [0, 0.1) is 29.1 Å². The SMILES string of the molecule is CC.CC(=O)CC(C)C1C(C)CCC(C)C1(C)C. The highest BCUT2D eigenvalue weighted by molar-refractivity contribution is 5.75. The molecular weight excluding hydrogens is 220 g/mol. The third kappa shape index (κ3) is 4.10. The summed E-state index contributed by atoms with van der Waals surface area (Å²) in [5.74, 6) is 3.11. The summed E-state index contributed by atoms with van der Waals surface area (Å²) in [5, 5.41) is 0. The maximum atomic E-state index is 11.3. The second-order valence-corrected chi connectivity index (χ2v) is 6.69. The molecule has 0 bridgehead atoms. The van der Waals surface area contributed by atoms with Crippen LogP contribution in [0.4, 0.5) is 0 Å². The van der Waals surface area contributed by atoms with E-state index in [1.54, 1.807) is 6.92 Å². The average Bonchev–Trinajstić information content (AvgIpc) is 2.25. The summed E-state index contributed by atoms with van der Waals surface area (Å²) >= 11 is 0. The van der Waals surface area contributed by atoms with Gasteiger partial charge in [-0.2, -0.15) is 0 Å². The van der Waals surface area contributed by atoms with Crippen LogP contribution in [0.5, 0.6) is 0 Å². The molecule has 4 atom stereocenters. The first-order chi connectivity index (χ1) is 8.26. The van der Waals surface area contributed by atoms with Crippen LogP contribution in [0.3, 0.4) is 0 Å². The van der Waals surface area contributed by atoms with E-state index in [9.17, 15) is 4.79 Å². The number of hydrogen-bond donors (Lipinski definition) is 0. The maximum absolute atomic E-state index is 11.3. The minimum Gasteiger partial charge on any atom is -0.300 e. The molecule has 0 aromatic rings. The van der Waals surface area contributed by atoms with Gasteiger partial charge < -0.3 is 4.79 Å². The van der Waals surface area contributed by atoms with Gasteiger partial charge in [0.1, 0.15) is 5.78 Å². The maximum Gasteiger partial charge on any atom is 0.130 e. The van der Waals surface area contributed by atoms with E-state index >= 15 is 0 Å². The number of carbonyl (C=O) groups excluding carboxylic acids is 1. The molecule has 0 heterocycles. The summed E-state index contributed by atoms with van der Waals surface area (Å²) in [5.41, 5.74) is 0.381. The summed E-state index contributed by atoms with van der Waals surface area (Å²) in [6.07, 6.45) is 3.43. The highest BCUT2D eigenvalue weighted by Gasteiger charge is 2.43. The third-order valence-corrected chi connectivity index (χ3v) is 5.02. The first-order valence-corrected chi connectivity index (χ1v) is 7.76. The predicted octanol–water partition coefficient (Wildman–Crippen LogP) is 5.34. The molecular formula is C17H34O. The van der Waals surface area contributed by atoms with Crippen molar-refractivity contribution < 1.29 is 4.79 Å². The number of hydrogen-bond acceptors (Lipinski definition) is 1. The van der Waals surface area contributed by atoms with Crippen molar-refractivity contribution >= 4 is 5.78 Å². The predicted molar refractivity (Wildman–Crippen MR) is 80.6 cm³/mol. The van der Waals surface area contributed by atoms with Crippen molar-refractivity contribution in [3.63, 3.8) is 0 Å². The Kier molecular flexibility index (Phi) is 7.17. The van der Waals surface area contributed by atoms with Crippen LogP contribution in [0.2, 0.25) is 0 Å². The minimum absolute atomic E-state index is 0.341. The topological polar surface area (TPSA) is 17.1 Å². The zero-order valence-electron chi connectivity index (χ0n) is 13.8.